The number of nitrogens with one attached hydrogen (secondary N) is 1. The summed E-state index contributed by atoms with van der Waals surface area (Å²) in [6.45, 7) is 7.92. The predicted molar refractivity (Wildman–Crippen MR) is 136 cm³/mol. The Hall–Kier alpha value is -1.42. The predicted octanol–water partition coefficient (Wildman–Crippen LogP) is -0.762. The van der Waals surface area contributed by atoms with Crippen LogP contribution in [0.15, 0.2) is 0 Å². The summed E-state index contributed by atoms with van der Waals surface area (Å²) in [6, 6.07) is -0.622. The number of unbranched alkanes of at least 4 members (excludes halogenated alkanes) is 1. The Labute approximate surface area is 221 Å². The number of primary amides is 1. The first-order chi connectivity index (χ1) is 18.1. The Morgan fingerprint density at radius 1 is 0.622 bits per heavy atom. The molecule has 0 fully saturated rings. The molecule has 2 amide bonds. The fraction of sp³-hybridized carbons (Fsp3) is 0.917. The van der Waals surface area contributed by atoms with Crippen LogP contribution in [0.4, 0.5) is 0 Å². The van der Waals surface area contributed by atoms with Crippen molar-refractivity contribution in [3.05, 3.63) is 0 Å². The first kappa shape index (κ1) is 35.6. The minimum atomic E-state index is -0.622. The summed E-state index contributed by atoms with van der Waals surface area (Å²) in [5.41, 5.74) is 10.6. The number of methoxy groups -OCH3 is 1. The van der Waals surface area contributed by atoms with Crippen LogP contribution in [0.5, 0.6) is 0 Å². The topological polar surface area (TPSA) is 172 Å². The van der Waals surface area contributed by atoms with E-state index in [1.165, 1.54) is 0 Å². The normalized spacial score (nSPS) is 12.1. The summed E-state index contributed by atoms with van der Waals surface area (Å²) >= 11 is 0. The molecule has 5 N–H and O–H groups in total. The summed E-state index contributed by atoms with van der Waals surface area (Å²) in [4.78, 5) is 22.5. The van der Waals surface area contributed by atoms with Crippen molar-refractivity contribution in [1.82, 2.24) is 5.32 Å². The highest BCUT2D eigenvalue weighted by molar-refractivity contribution is 5.79. The summed E-state index contributed by atoms with van der Waals surface area (Å²) in [5.74, 6) is -0.581. The fourth-order valence-corrected chi connectivity index (χ4v) is 2.68. The van der Waals surface area contributed by atoms with Gasteiger partial charge in [0.15, 0.2) is 0 Å². The number of carbonyl (C=O) groups is 2. The number of carbonyl (C=O) groups excluding carboxylic acids is 2. The highest BCUT2D eigenvalue weighted by atomic mass is 16.6. The van der Waals surface area contributed by atoms with Crippen LogP contribution in [-0.2, 0) is 47.5 Å². The number of amides is 2. The zero-order chi connectivity index (χ0) is 27.2. The van der Waals surface area contributed by atoms with Crippen molar-refractivity contribution in [2.24, 2.45) is 11.5 Å². The van der Waals surface area contributed by atoms with Gasteiger partial charge in [-0.2, -0.15) is 0 Å². The molecule has 0 saturated carbocycles. The average molecular weight is 540 g/mol. The van der Waals surface area contributed by atoms with Crippen molar-refractivity contribution in [1.29, 1.82) is 0 Å². The molecule has 0 saturated heterocycles. The minimum Gasteiger partial charge on any atom is -0.382 e. The van der Waals surface area contributed by atoms with Gasteiger partial charge in [-0.1, -0.05) is 0 Å². The third-order valence-electron chi connectivity index (χ3n) is 4.77. The maximum absolute atomic E-state index is 11.7. The van der Waals surface area contributed by atoms with E-state index in [-0.39, 0.29) is 12.3 Å². The summed E-state index contributed by atoms with van der Waals surface area (Å²) < 4.78 is 42.6. The second-order valence-electron chi connectivity index (χ2n) is 7.88. The number of hydrogen-bond acceptors (Lipinski definition) is 11. The summed E-state index contributed by atoms with van der Waals surface area (Å²) in [7, 11) is 1.64. The monoisotopic (exact) mass is 539 g/mol. The van der Waals surface area contributed by atoms with Crippen molar-refractivity contribution >= 4 is 11.8 Å². The fourth-order valence-electron chi connectivity index (χ4n) is 2.68. The second kappa shape index (κ2) is 29.1. The molecule has 37 heavy (non-hydrogen) atoms. The molecule has 220 valence electrons. The van der Waals surface area contributed by atoms with Crippen molar-refractivity contribution in [2.45, 2.75) is 31.7 Å². The lowest BCUT2D eigenvalue weighted by atomic mass is 10.1. The standard InChI is InChI=1S/C24H49N3O10/c1-30-8-9-32-12-13-34-16-17-36-20-21-37-19-18-35-15-14-33-11-10-31-7-5-23(28)27-6-3-2-4-22(25)24(26)29/h22H,2-21,25H2,1H3,(H2,26,29)(H,27,28)/t22-/m0/s1. The lowest BCUT2D eigenvalue weighted by Crippen LogP contribution is -2.36. The molecule has 0 spiro atoms. The van der Waals surface area contributed by atoms with E-state index in [4.69, 9.17) is 49.4 Å². The SMILES string of the molecule is COCCOCCOCCOCCOCCOCCOCCOCCC(=O)NCCCC[C@H](N)C(N)=O. The van der Waals surface area contributed by atoms with E-state index in [0.717, 1.165) is 12.8 Å². The van der Waals surface area contributed by atoms with E-state index < -0.39 is 11.9 Å². The van der Waals surface area contributed by atoms with Gasteiger partial charge in [0.05, 0.1) is 105 Å². The van der Waals surface area contributed by atoms with Gasteiger partial charge >= 0.3 is 0 Å². The molecule has 0 aromatic rings. The lowest BCUT2D eigenvalue weighted by molar-refractivity contribution is -0.122. The van der Waals surface area contributed by atoms with Crippen LogP contribution in [0.3, 0.4) is 0 Å². The average Bonchev–Trinajstić information content (AvgIpc) is 2.88. The maximum atomic E-state index is 11.7. The van der Waals surface area contributed by atoms with Crippen molar-refractivity contribution in [3.8, 4) is 0 Å². The first-order valence-corrected chi connectivity index (χ1v) is 12.9. The molecule has 0 rings (SSSR count). The minimum absolute atomic E-state index is 0.0769. The van der Waals surface area contributed by atoms with E-state index in [2.05, 4.69) is 5.32 Å². The largest absolute Gasteiger partial charge is 0.382 e. The van der Waals surface area contributed by atoms with Gasteiger partial charge in [0, 0.05) is 20.1 Å². The quantitative estimate of drug-likeness (QED) is 0.0979. The number of rotatable bonds is 30. The van der Waals surface area contributed by atoms with Gasteiger partial charge in [-0.05, 0) is 19.3 Å². The zero-order valence-electron chi connectivity index (χ0n) is 22.5. The summed E-state index contributed by atoms with van der Waals surface area (Å²) in [6.07, 6.45) is 2.28. The lowest BCUT2D eigenvalue weighted by Gasteiger charge is -2.09. The van der Waals surface area contributed by atoms with Crippen molar-refractivity contribution < 1.29 is 47.5 Å². The number of hydrogen-bond donors (Lipinski definition) is 3. The Bertz CT molecular complexity index is 517. The van der Waals surface area contributed by atoms with Gasteiger partial charge in [0.2, 0.25) is 11.8 Å². The van der Waals surface area contributed by atoms with Crippen molar-refractivity contribution in [3.63, 3.8) is 0 Å². The molecule has 1 atom stereocenters. The van der Waals surface area contributed by atoms with Crippen LogP contribution in [-0.4, -0.2) is 131 Å². The highest BCUT2D eigenvalue weighted by Crippen LogP contribution is 1.97. The molecule has 13 heteroatoms. The van der Waals surface area contributed by atoms with Gasteiger partial charge in [-0.15, -0.1) is 0 Å². The molecule has 0 heterocycles. The van der Waals surface area contributed by atoms with E-state index in [1.54, 1.807) is 7.11 Å². The van der Waals surface area contributed by atoms with Crippen LogP contribution in [0, 0.1) is 0 Å². The highest BCUT2D eigenvalue weighted by Gasteiger charge is 2.08. The molecule has 0 aliphatic rings. The second-order valence-corrected chi connectivity index (χ2v) is 7.88. The van der Waals surface area contributed by atoms with Gasteiger partial charge in [-0.25, -0.2) is 0 Å². The van der Waals surface area contributed by atoms with Gasteiger partial charge in [-0.3, -0.25) is 9.59 Å². The molecule has 0 aromatic heterocycles. The van der Waals surface area contributed by atoms with Gasteiger partial charge in [0.1, 0.15) is 0 Å². The molecule has 13 nitrogen and oxygen atoms in total. The molecule has 0 bridgehead atoms. The van der Waals surface area contributed by atoms with Crippen molar-refractivity contribution in [2.75, 3.05) is 113 Å². The molecule has 0 unspecified atom stereocenters. The Balaban J connectivity index is 3.15. The van der Waals surface area contributed by atoms with Crippen LogP contribution < -0.4 is 16.8 Å². The maximum Gasteiger partial charge on any atom is 0.234 e. The molecule has 0 aromatic carbocycles. The third kappa shape index (κ3) is 29.0. The Morgan fingerprint density at radius 3 is 1.38 bits per heavy atom. The summed E-state index contributed by atoms with van der Waals surface area (Å²) in [5, 5.41) is 2.80. The van der Waals surface area contributed by atoms with Crippen LogP contribution in [0.25, 0.3) is 0 Å². The molecule has 0 aliphatic heterocycles. The zero-order valence-corrected chi connectivity index (χ0v) is 22.5. The smallest absolute Gasteiger partial charge is 0.234 e. The Kier molecular flexibility index (Phi) is 28.0. The first-order valence-electron chi connectivity index (χ1n) is 12.9. The number of nitrogens with two attached hydrogens (primary N) is 2. The van der Waals surface area contributed by atoms with Gasteiger partial charge in [0.25, 0.3) is 0 Å². The van der Waals surface area contributed by atoms with E-state index in [9.17, 15) is 9.59 Å². The van der Waals surface area contributed by atoms with Crippen LogP contribution >= 0.6 is 0 Å². The van der Waals surface area contributed by atoms with E-state index in [1.807, 2.05) is 0 Å². The van der Waals surface area contributed by atoms with Crippen LogP contribution in [0.2, 0.25) is 0 Å². The third-order valence-corrected chi connectivity index (χ3v) is 4.77. The number of ether oxygens (including phenoxy) is 8. The molecular formula is C24H49N3O10. The Morgan fingerprint density at radius 2 is 1.00 bits per heavy atom. The van der Waals surface area contributed by atoms with E-state index >= 15 is 0 Å². The molecular weight excluding hydrogens is 490 g/mol. The molecule has 0 aliphatic carbocycles. The van der Waals surface area contributed by atoms with E-state index in [0.29, 0.717) is 112 Å². The van der Waals surface area contributed by atoms with Crippen LogP contribution in [0.1, 0.15) is 25.7 Å². The molecule has 0 radical (unpaired) electrons. The van der Waals surface area contributed by atoms with Gasteiger partial charge < -0.3 is 54.7 Å².